The number of fused-ring (bicyclic) bond motifs is 1. The standard InChI is InChI=1S/C17H18N2O2/c1-19(15-9-8-11-4-2-3-5-13(11)15)17(20)14-10-16(21-18-14)12-6-7-12/h2-5,10,12,15H,6-9H2,1H3. The lowest BCUT2D eigenvalue weighted by molar-refractivity contribution is 0.0720. The molecule has 2 aliphatic rings. The van der Waals surface area contributed by atoms with Gasteiger partial charge < -0.3 is 9.42 Å². The van der Waals surface area contributed by atoms with E-state index in [1.807, 2.05) is 19.2 Å². The number of hydrogen-bond acceptors (Lipinski definition) is 3. The van der Waals surface area contributed by atoms with Crippen molar-refractivity contribution in [1.82, 2.24) is 10.1 Å². The molecule has 0 aliphatic heterocycles. The lowest BCUT2D eigenvalue weighted by atomic mass is 10.1. The Morgan fingerprint density at radius 1 is 1.29 bits per heavy atom. The first-order valence-corrected chi connectivity index (χ1v) is 7.55. The Kier molecular flexibility index (Phi) is 2.84. The molecular weight excluding hydrogens is 264 g/mol. The van der Waals surface area contributed by atoms with Crippen LogP contribution in [0.5, 0.6) is 0 Å². The maximum Gasteiger partial charge on any atom is 0.276 e. The molecule has 4 heteroatoms. The number of carbonyl (C=O) groups excluding carboxylic acids is 1. The molecule has 0 radical (unpaired) electrons. The highest BCUT2D eigenvalue weighted by molar-refractivity contribution is 5.92. The highest BCUT2D eigenvalue weighted by Gasteiger charge is 2.32. The molecule has 0 spiro atoms. The van der Waals surface area contributed by atoms with Gasteiger partial charge in [-0.15, -0.1) is 0 Å². The highest BCUT2D eigenvalue weighted by atomic mass is 16.5. The predicted octanol–water partition coefficient (Wildman–Crippen LogP) is 3.31. The molecule has 2 aromatic rings. The molecular formula is C17H18N2O2. The smallest absolute Gasteiger partial charge is 0.276 e. The molecule has 1 amide bonds. The molecule has 1 saturated carbocycles. The number of hydrogen-bond donors (Lipinski definition) is 0. The summed E-state index contributed by atoms with van der Waals surface area (Å²) in [5.74, 6) is 1.29. The molecule has 21 heavy (non-hydrogen) atoms. The Morgan fingerprint density at radius 3 is 2.90 bits per heavy atom. The molecule has 1 aromatic carbocycles. The minimum absolute atomic E-state index is 0.0487. The van der Waals surface area contributed by atoms with Crippen LogP contribution in [0.25, 0.3) is 0 Å². The first-order valence-electron chi connectivity index (χ1n) is 7.55. The van der Waals surface area contributed by atoms with Crippen molar-refractivity contribution >= 4 is 5.91 Å². The Morgan fingerprint density at radius 2 is 2.10 bits per heavy atom. The van der Waals surface area contributed by atoms with Gasteiger partial charge >= 0.3 is 0 Å². The number of amides is 1. The number of aryl methyl sites for hydroxylation is 1. The third-order valence-corrected chi connectivity index (χ3v) is 4.62. The lowest BCUT2D eigenvalue weighted by Crippen LogP contribution is -2.30. The van der Waals surface area contributed by atoms with Gasteiger partial charge in [0.25, 0.3) is 5.91 Å². The zero-order valence-electron chi connectivity index (χ0n) is 12.1. The van der Waals surface area contributed by atoms with Crippen LogP contribution < -0.4 is 0 Å². The Bertz CT molecular complexity index is 688. The molecule has 108 valence electrons. The fourth-order valence-electron chi connectivity index (χ4n) is 3.21. The fourth-order valence-corrected chi connectivity index (χ4v) is 3.21. The van der Waals surface area contributed by atoms with Crippen molar-refractivity contribution in [2.24, 2.45) is 0 Å². The summed E-state index contributed by atoms with van der Waals surface area (Å²) in [5.41, 5.74) is 3.05. The minimum Gasteiger partial charge on any atom is -0.360 e. The summed E-state index contributed by atoms with van der Waals surface area (Å²) in [6, 6.07) is 10.3. The maximum atomic E-state index is 12.6. The molecule has 2 aliphatic carbocycles. The Hall–Kier alpha value is -2.10. The second-order valence-electron chi connectivity index (χ2n) is 6.06. The van der Waals surface area contributed by atoms with E-state index in [1.54, 1.807) is 4.90 Å². The molecule has 4 nitrogen and oxygen atoms in total. The molecule has 4 rings (SSSR count). The van der Waals surface area contributed by atoms with E-state index in [9.17, 15) is 4.79 Å². The largest absolute Gasteiger partial charge is 0.360 e. The molecule has 0 saturated heterocycles. The monoisotopic (exact) mass is 282 g/mol. The van der Waals surface area contributed by atoms with Crippen LogP contribution >= 0.6 is 0 Å². The average molecular weight is 282 g/mol. The second-order valence-corrected chi connectivity index (χ2v) is 6.06. The Balaban J connectivity index is 1.56. The SMILES string of the molecule is CN(C(=O)c1cc(C2CC2)on1)C1CCc2ccccc21. The Labute approximate surface area is 123 Å². The van der Waals surface area contributed by atoms with Gasteiger partial charge in [-0.05, 0) is 36.8 Å². The van der Waals surface area contributed by atoms with Gasteiger partial charge in [-0.25, -0.2) is 0 Å². The number of benzene rings is 1. The summed E-state index contributed by atoms with van der Waals surface area (Å²) in [6.45, 7) is 0. The summed E-state index contributed by atoms with van der Waals surface area (Å²) < 4.78 is 5.29. The first kappa shape index (κ1) is 12.6. The minimum atomic E-state index is -0.0487. The molecule has 0 N–H and O–H groups in total. The fraction of sp³-hybridized carbons (Fsp3) is 0.412. The van der Waals surface area contributed by atoms with Crippen LogP contribution in [0, 0.1) is 0 Å². The lowest BCUT2D eigenvalue weighted by Gasteiger charge is -2.24. The van der Waals surface area contributed by atoms with Gasteiger partial charge in [0.15, 0.2) is 5.69 Å². The van der Waals surface area contributed by atoms with E-state index in [4.69, 9.17) is 4.52 Å². The number of carbonyl (C=O) groups is 1. The van der Waals surface area contributed by atoms with Gasteiger partial charge in [0.2, 0.25) is 0 Å². The van der Waals surface area contributed by atoms with Crippen LogP contribution in [0.2, 0.25) is 0 Å². The van der Waals surface area contributed by atoms with E-state index in [0.29, 0.717) is 11.6 Å². The first-order chi connectivity index (χ1) is 10.2. The third kappa shape index (κ3) is 2.15. The van der Waals surface area contributed by atoms with Gasteiger partial charge in [0, 0.05) is 19.0 Å². The summed E-state index contributed by atoms with van der Waals surface area (Å²) in [7, 11) is 1.86. The van der Waals surface area contributed by atoms with E-state index in [0.717, 1.165) is 31.4 Å². The number of rotatable bonds is 3. The maximum absolute atomic E-state index is 12.6. The van der Waals surface area contributed by atoms with Crippen molar-refractivity contribution in [1.29, 1.82) is 0 Å². The number of nitrogens with zero attached hydrogens (tertiary/aromatic N) is 2. The van der Waals surface area contributed by atoms with E-state index in [1.165, 1.54) is 11.1 Å². The van der Waals surface area contributed by atoms with E-state index < -0.39 is 0 Å². The topological polar surface area (TPSA) is 46.3 Å². The summed E-state index contributed by atoms with van der Waals surface area (Å²) in [5, 5.41) is 3.96. The van der Waals surface area contributed by atoms with Crippen molar-refractivity contribution < 1.29 is 9.32 Å². The normalized spacial score (nSPS) is 20.3. The van der Waals surface area contributed by atoms with Gasteiger partial charge in [-0.1, -0.05) is 29.4 Å². The quantitative estimate of drug-likeness (QED) is 0.867. The van der Waals surface area contributed by atoms with E-state index in [-0.39, 0.29) is 11.9 Å². The number of aromatic nitrogens is 1. The van der Waals surface area contributed by atoms with Crippen LogP contribution in [0.1, 0.15) is 58.6 Å². The van der Waals surface area contributed by atoms with Gasteiger partial charge in [-0.3, -0.25) is 4.79 Å². The third-order valence-electron chi connectivity index (χ3n) is 4.62. The zero-order valence-corrected chi connectivity index (χ0v) is 12.1. The molecule has 1 aromatic heterocycles. The van der Waals surface area contributed by atoms with Gasteiger partial charge in [0.1, 0.15) is 5.76 Å². The average Bonchev–Trinajstić information content (AvgIpc) is 3.10. The summed E-state index contributed by atoms with van der Waals surface area (Å²) in [6.07, 6.45) is 4.31. The predicted molar refractivity (Wildman–Crippen MR) is 78.1 cm³/mol. The van der Waals surface area contributed by atoms with Crippen LogP contribution in [0.3, 0.4) is 0 Å². The van der Waals surface area contributed by atoms with Crippen molar-refractivity contribution in [3.05, 3.63) is 52.9 Å². The second kappa shape index (κ2) is 4.72. The van der Waals surface area contributed by atoms with Crippen LogP contribution in [-0.4, -0.2) is 23.0 Å². The zero-order chi connectivity index (χ0) is 14.4. The van der Waals surface area contributed by atoms with Crippen LogP contribution in [0.4, 0.5) is 0 Å². The van der Waals surface area contributed by atoms with E-state index in [2.05, 4.69) is 23.4 Å². The summed E-state index contributed by atoms with van der Waals surface area (Å²) in [4.78, 5) is 14.4. The van der Waals surface area contributed by atoms with Gasteiger partial charge in [-0.2, -0.15) is 0 Å². The van der Waals surface area contributed by atoms with Crippen molar-refractivity contribution in [2.75, 3.05) is 7.05 Å². The van der Waals surface area contributed by atoms with Crippen molar-refractivity contribution in [3.63, 3.8) is 0 Å². The molecule has 1 atom stereocenters. The summed E-state index contributed by atoms with van der Waals surface area (Å²) >= 11 is 0. The van der Waals surface area contributed by atoms with Crippen LogP contribution in [-0.2, 0) is 6.42 Å². The molecule has 1 heterocycles. The van der Waals surface area contributed by atoms with Crippen molar-refractivity contribution in [3.8, 4) is 0 Å². The van der Waals surface area contributed by atoms with Gasteiger partial charge in [0.05, 0.1) is 6.04 Å². The molecule has 1 fully saturated rings. The molecule has 0 bridgehead atoms. The van der Waals surface area contributed by atoms with E-state index >= 15 is 0 Å². The van der Waals surface area contributed by atoms with Crippen molar-refractivity contribution in [2.45, 2.75) is 37.6 Å². The van der Waals surface area contributed by atoms with Crippen LogP contribution in [0.15, 0.2) is 34.9 Å². The highest BCUT2D eigenvalue weighted by Crippen LogP contribution is 2.40. The molecule has 1 unspecified atom stereocenters.